The maximum absolute atomic E-state index is 13.4. The summed E-state index contributed by atoms with van der Waals surface area (Å²) in [6, 6.07) is 4.12. The number of sulfonamides is 1. The van der Waals surface area contributed by atoms with Crippen molar-refractivity contribution in [3.8, 4) is 0 Å². The first kappa shape index (κ1) is 61.3. The van der Waals surface area contributed by atoms with Gasteiger partial charge in [0.05, 0.1) is 149 Å². The van der Waals surface area contributed by atoms with Crippen molar-refractivity contribution in [3.05, 3.63) is 41.5 Å². The molecule has 0 atom stereocenters. The van der Waals surface area contributed by atoms with E-state index in [1.165, 1.54) is 23.3 Å². The Bertz CT molecular complexity index is 1970. The first-order chi connectivity index (χ1) is 34.9. The fourth-order valence-corrected chi connectivity index (χ4v) is 6.49. The van der Waals surface area contributed by atoms with E-state index in [4.69, 9.17) is 67.8 Å². The van der Waals surface area contributed by atoms with E-state index in [1.807, 2.05) is 6.92 Å². The van der Waals surface area contributed by atoms with Crippen LogP contribution < -0.4 is 21.5 Å². The van der Waals surface area contributed by atoms with Crippen molar-refractivity contribution in [2.24, 2.45) is 15.9 Å². The van der Waals surface area contributed by atoms with E-state index < -0.39 is 39.7 Å². The predicted octanol–water partition coefficient (Wildman–Crippen LogP) is -0.787. The summed E-state index contributed by atoms with van der Waals surface area (Å²) >= 11 is 0. The minimum atomic E-state index is -3.96. The van der Waals surface area contributed by atoms with E-state index in [9.17, 15) is 32.4 Å². The lowest BCUT2D eigenvalue weighted by Gasteiger charge is -2.22. The van der Waals surface area contributed by atoms with Crippen LogP contribution in [0.3, 0.4) is 0 Å². The molecule has 72 heavy (non-hydrogen) atoms. The Morgan fingerprint density at radius 2 is 1.10 bits per heavy atom. The van der Waals surface area contributed by atoms with Crippen LogP contribution in [0, 0.1) is 0 Å². The Balaban J connectivity index is 0.991. The number of primary sulfonamides is 1. The molecule has 0 fully saturated rings. The molecule has 6 N–H and O–H groups in total. The normalized spacial score (nSPS) is 13.4. The lowest BCUT2D eigenvalue weighted by Crippen LogP contribution is -2.41. The van der Waals surface area contributed by atoms with Gasteiger partial charge in [-0.05, 0) is 24.6 Å². The number of amidine groups is 1. The number of nitrogens with one attached hydrogen (secondary N) is 2. The molecule has 1 aromatic rings. The number of aliphatic imine (C=N–C) groups is 1. The van der Waals surface area contributed by atoms with Crippen LogP contribution in [0.5, 0.6) is 0 Å². The summed E-state index contributed by atoms with van der Waals surface area (Å²) in [5, 5.41) is 11.6. The number of rotatable bonds is 43. The molecule has 27 heteroatoms. The minimum Gasteiger partial charge on any atom is -0.447 e. The van der Waals surface area contributed by atoms with Crippen LogP contribution in [0.4, 0.5) is 10.5 Å². The summed E-state index contributed by atoms with van der Waals surface area (Å²) < 4.78 is 83.2. The Kier molecular flexibility index (Phi) is 32.1. The second-order valence-corrected chi connectivity index (χ2v) is 16.6. The number of carbonyl (C=O) groups excluding carboxylic acids is 5. The number of imide groups is 1. The number of ether oxygens (including phenoxy) is 11. The van der Waals surface area contributed by atoms with Crippen LogP contribution in [0.15, 0.2) is 45.8 Å². The van der Waals surface area contributed by atoms with Gasteiger partial charge in [0.1, 0.15) is 19.0 Å². The third-order valence-corrected chi connectivity index (χ3v) is 10.3. The summed E-state index contributed by atoms with van der Waals surface area (Å²) in [6.07, 6.45) is 3.76. The molecule has 0 saturated carbocycles. The standard InChI is InChI=1S/C45H71N7O19S/c1-2-9-52(44(56)37-32-36-3-4-38(72(47,58)59)34-39(36)50-40(46)33-37)71-11-8-49-45(57)70-31-30-69-29-28-68-27-26-67-25-24-66-23-22-65-21-20-64-19-18-63-17-16-62-15-14-61-13-12-60-10-7-48-41(53)35-51-42(54)5-6-43(51)55/h3-6,32,34H,2,7-31,33,35H2,1H3,(H2,46,50)(H,48,53)(H,49,57)(H2,47,58,59). The third-order valence-electron chi connectivity index (χ3n) is 9.42. The number of fused-ring (bicyclic) bond motifs is 1. The molecule has 0 aromatic heterocycles. The SMILES string of the molecule is CCCN(OCCNC(=O)OCCOCCOCCOCCOCCOCCOCCOCCOCCOCCOCCNC(=O)CN1C(=O)C=CC1=O)C(=O)C1=Cc2ccc(S(N)(=O)=O)cc2N=C(N)C1. The van der Waals surface area contributed by atoms with Crippen molar-refractivity contribution in [2.75, 3.05) is 172 Å². The van der Waals surface area contributed by atoms with E-state index in [1.54, 1.807) is 6.08 Å². The first-order valence-corrected chi connectivity index (χ1v) is 25.1. The monoisotopic (exact) mass is 1050 g/mol. The van der Waals surface area contributed by atoms with E-state index in [2.05, 4.69) is 15.6 Å². The molecule has 26 nitrogen and oxygen atoms in total. The van der Waals surface area contributed by atoms with Crippen LogP contribution in [0.2, 0.25) is 0 Å². The zero-order valence-electron chi connectivity index (χ0n) is 40.9. The van der Waals surface area contributed by atoms with Crippen molar-refractivity contribution in [1.29, 1.82) is 0 Å². The summed E-state index contributed by atoms with van der Waals surface area (Å²) in [5.74, 6) is -1.79. The molecule has 0 bridgehead atoms. The number of nitrogens with two attached hydrogens (primary N) is 2. The molecule has 0 unspecified atom stereocenters. The fraction of sp³-hybridized carbons (Fsp3) is 0.644. The van der Waals surface area contributed by atoms with Crippen LogP contribution in [0.25, 0.3) is 6.08 Å². The van der Waals surface area contributed by atoms with Crippen molar-refractivity contribution in [2.45, 2.75) is 24.7 Å². The molecular weight excluding hydrogens is 975 g/mol. The van der Waals surface area contributed by atoms with E-state index >= 15 is 0 Å². The summed E-state index contributed by atoms with van der Waals surface area (Å²) in [6.45, 7) is 9.78. The van der Waals surface area contributed by atoms with Crippen molar-refractivity contribution in [3.63, 3.8) is 0 Å². The molecule has 0 spiro atoms. The minimum absolute atomic E-state index is 0.0113. The average Bonchev–Trinajstić information content (AvgIpc) is 3.55. The highest BCUT2D eigenvalue weighted by Gasteiger charge is 2.26. The van der Waals surface area contributed by atoms with Crippen molar-refractivity contribution >= 4 is 57.3 Å². The molecule has 5 amide bonds. The summed E-state index contributed by atoms with van der Waals surface area (Å²) in [7, 11) is -3.96. The van der Waals surface area contributed by atoms with Gasteiger partial charge in [0.2, 0.25) is 15.9 Å². The van der Waals surface area contributed by atoms with Gasteiger partial charge in [0, 0.05) is 49.3 Å². The van der Waals surface area contributed by atoms with Gasteiger partial charge in [0.15, 0.2) is 0 Å². The number of nitrogens with zero attached hydrogens (tertiary/aromatic N) is 3. The highest BCUT2D eigenvalue weighted by atomic mass is 32.2. The van der Waals surface area contributed by atoms with Crippen molar-refractivity contribution in [1.82, 2.24) is 20.6 Å². The number of carbonyl (C=O) groups is 5. The number of benzene rings is 1. The highest BCUT2D eigenvalue weighted by molar-refractivity contribution is 7.89. The van der Waals surface area contributed by atoms with Gasteiger partial charge < -0.3 is 68.5 Å². The lowest BCUT2D eigenvalue weighted by molar-refractivity contribution is -0.181. The first-order valence-electron chi connectivity index (χ1n) is 23.5. The van der Waals surface area contributed by atoms with Crippen molar-refractivity contribution < 1.29 is 89.3 Å². The van der Waals surface area contributed by atoms with Crippen LogP contribution >= 0.6 is 0 Å². The quantitative estimate of drug-likeness (QED) is 0.0354. The summed E-state index contributed by atoms with van der Waals surface area (Å²) in [5.41, 5.74) is 7.09. The molecule has 0 aliphatic carbocycles. The molecule has 2 aliphatic rings. The van der Waals surface area contributed by atoms with Crippen LogP contribution in [-0.4, -0.2) is 225 Å². The molecule has 2 aliphatic heterocycles. The summed E-state index contributed by atoms with van der Waals surface area (Å²) in [4.78, 5) is 70.8. The molecule has 1 aromatic carbocycles. The smallest absolute Gasteiger partial charge is 0.407 e. The van der Waals surface area contributed by atoms with E-state index in [-0.39, 0.29) is 81.0 Å². The third kappa shape index (κ3) is 27.7. The Morgan fingerprint density at radius 1 is 0.653 bits per heavy atom. The number of hydroxylamine groups is 2. The predicted molar refractivity (Wildman–Crippen MR) is 256 cm³/mol. The molecule has 0 saturated heterocycles. The Labute approximate surface area is 419 Å². The molecular formula is C45H71N7O19S. The molecule has 406 valence electrons. The van der Waals surface area contributed by atoms with Gasteiger partial charge in [-0.3, -0.25) is 28.9 Å². The van der Waals surface area contributed by atoms with Gasteiger partial charge in [-0.15, -0.1) is 0 Å². The Hall–Kier alpha value is -5.01. The van der Waals surface area contributed by atoms with E-state index in [0.717, 1.165) is 17.1 Å². The Morgan fingerprint density at radius 3 is 1.56 bits per heavy atom. The fourth-order valence-electron chi connectivity index (χ4n) is 5.96. The maximum atomic E-state index is 13.4. The van der Waals surface area contributed by atoms with Gasteiger partial charge in [-0.1, -0.05) is 13.0 Å². The van der Waals surface area contributed by atoms with Gasteiger partial charge in [0.25, 0.3) is 17.7 Å². The van der Waals surface area contributed by atoms with Crippen LogP contribution in [0.1, 0.15) is 25.3 Å². The van der Waals surface area contributed by atoms with Gasteiger partial charge in [-0.25, -0.2) is 28.4 Å². The second-order valence-electron chi connectivity index (χ2n) is 15.1. The maximum Gasteiger partial charge on any atom is 0.407 e. The van der Waals surface area contributed by atoms with E-state index in [0.29, 0.717) is 131 Å². The molecule has 3 rings (SSSR count). The van der Waals surface area contributed by atoms with Gasteiger partial charge >= 0.3 is 6.09 Å². The molecule has 2 heterocycles. The largest absolute Gasteiger partial charge is 0.447 e. The topological polar surface area (TPSA) is 325 Å². The number of amides is 5. The van der Waals surface area contributed by atoms with Gasteiger partial charge in [-0.2, -0.15) is 0 Å². The average molecular weight is 1050 g/mol. The number of hydrogen-bond acceptors (Lipinski definition) is 21. The van der Waals surface area contributed by atoms with Crippen LogP contribution in [-0.2, 0) is 86.1 Å². The second kappa shape index (κ2) is 37.7. The number of alkyl carbamates (subject to hydrolysis) is 1. The highest BCUT2D eigenvalue weighted by Crippen LogP contribution is 2.29. The molecule has 0 radical (unpaired) electrons. The lowest BCUT2D eigenvalue weighted by atomic mass is 10.1. The zero-order chi connectivity index (χ0) is 52.1. The number of hydrogen-bond donors (Lipinski definition) is 4. The zero-order valence-corrected chi connectivity index (χ0v) is 41.7.